The molecule has 2 aliphatic rings. The van der Waals surface area contributed by atoms with Crippen molar-refractivity contribution in [2.24, 2.45) is 16.1 Å². The van der Waals surface area contributed by atoms with Crippen molar-refractivity contribution in [2.45, 2.75) is 58.4 Å². The number of aromatic nitrogens is 1. The molecule has 1 amide bonds. The number of carbonyl (C=O) groups excluding carboxylic acids is 1. The van der Waals surface area contributed by atoms with Crippen molar-refractivity contribution < 1.29 is 14.7 Å². The van der Waals surface area contributed by atoms with E-state index in [9.17, 15) is 14.7 Å². The van der Waals surface area contributed by atoms with E-state index in [1.807, 2.05) is 52.9 Å². The molecule has 0 saturated carbocycles. The number of allylic oxidation sites excluding steroid dienone is 2. The lowest BCUT2D eigenvalue weighted by Crippen LogP contribution is -2.42. The van der Waals surface area contributed by atoms with Crippen LogP contribution in [-0.4, -0.2) is 51.0 Å². The van der Waals surface area contributed by atoms with E-state index < -0.39 is 5.97 Å². The second-order valence-corrected chi connectivity index (χ2v) is 10.4. The summed E-state index contributed by atoms with van der Waals surface area (Å²) in [5.41, 5.74) is 3.37. The van der Waals surface area contributed by atoms with Crippen LogP contribution in [0.2, 0.25) is 0 Å². The van der Waals surface area contributed by atoms with E-state index in [-0.39, 0.29) is 30.7 Å². The van der Waals surface area contributed by atoms with Crippen LogP contribution in [0, 0.1) is 5.92 Å². The SMILES string of the molecule is CCCC(CCC)[C@@H](CC(=O)O)NC(=O)CC1=CC=CN2CC1=NN=C2c1ccc(Nc2nccs2)cc1. The third kappa shape index (κ3) is 7.16. The molecule has 0 fully saturated rings. The first-order chi connectivity index (χ1) is 18.5. The summed E-state index contributed by atoms with van der Waals surface area (Å²) in [4.78, 5) is 30.8. The normalized spacial score (nSPS) is 15.3. The molecule has 0 unspecified atom stereocenters. The molecule has 10 heteroatoms. The molecule has 200 valence electrons. The Kier molecular flexibility index (Phi) is 9.42. The molecule has 38 heavy (non-hydrogen) atoms. The molecule has 3 N–H and O–H groups in total. The Morgan fingerprint density at radius 1 is 1.13 bits per heavy atom. The highest BCUT2D eigenvalue weighted by atomic mass is 32.1. The van der Waals surface area contributed by atoms with Crippen molar-refractivity contribution in [3.8, 4) is 0 Å². The Morgan fingerprint density at radius 3 is 2.55 bits per heavy atom. The molecule has 2 aliphatic heterocycles. The van der Waals surface area contributed by atoms with Crippen LogP contribution in [0.1, 0.15) is 57.9 Å². The number of amides is 1. The topological polar surface area (TPSA) is 119 Å². The fraction of sp³-hybridized carbons (Fsp3) is 0.393. The highest BCUT2D eigenvalue weighted by molar-refractivity contribution is 7.13. The number of hydrogen-bond donors (Lipinski definition) is 3. The first-order valence-corrected chi connectivity index (χ1v) is 13.9. The van der Waals surface area contributed by atoms with Gasteiger partial charge >= 0.3 is 5.97 Å². The van der Waals surface area contributed by atoms with Gasteiger partial charge in [0.2, 0.25) is 5.91 Å². The zero-order chi connectivity index (χ0) is 26.9. The predicted octanol–water partition coefficient (Wildman–Crippen LogP) is 5.32. The van der Waals surface area contributed by atoms with Gasteiger partial charge in [0.25, 0.3) is 0 Å². The number of rotatable bonds is 13. The number of carboxylic acid groups (broad SMARTS) is 1. The number of amidine groups is 1. The lowest BCUT2D eigenvalue weighted by atomic mass is 9.88. The summed E-state index contributed by atoms with van der Waals surface area (Å²) in [5, 5.41) is 27.4. The maximum atomic E-state index is 13.0. The zero-order valence-electron chi connectivity index (χ0n) is 21.8. The molecule has 0 spiro atoms. The Hall–Kier alpha value is -3.79. The lowest BCUT2D eigenvalue weighted by Gasteiger charge is -2.27. The summed E-state index contributed by atoms with van der Waals surface area (Å²) < 4.78 is 0. The van der Waals surface area contributed by atoms with Gasteiger partial charge in [-0.1, -0.05) is 32.8 Å². The molecular weight excluding hydrogens is 500 g/mol. The highest BCUT2D eigenvalue weighted by Gasteiger charge is 2.27. The summed E-state index contributed by atoms with van der Waals surface area (Å²) in [6, 6.07) is 7.55. The van der Waals surface area contributed by atoms with Crippen LogP contribution in [0.4, 0.5) is 10.8 Å². The molecule has 9 nitrogen and oxygen atoms in total. The Morgan fingerprint density at radius 2 is 1.89 bits per heavy atom. The summed E-state index contributed by atoms with van der Waals surface area (Å²) in [6.45, 7) is 4.67. The number of hydrogen-bond acceptors (Lipinski definition) is 8. The molecular formula is C28H34N6O3S. The van der Waals surface area contributed by atoms with Gasteiger partial charge < -0.3 is 20.6 Å². The third-order valence-corrected chi connectivity index (χ3v) is 7.29. The van der Waals surface area contributed by atoms with Gasteiger partial charge in [-0.2, -0.15) is 5.10 Å². The molecule has 1 aromatic heterocycles. The number of benzene rings is 1. The molecule has 2 bridgehead atoms. The van der Waals surface area contributed by atoms with Crippen molar-refractivity contribution in [1.29, 1.82) is 0 Å². The summed E-state index contributed by atoms with van der Waals surface area (Å²) in [6.07, 6.45) is 11.2. The van der Waals surface area contributed by atoms with E-state index in [0.29, 0.717) is 6.54 Å². The predicted molar refractivity (Wildman–Crippen MR) is 152 cm³/mol. The maximum Gasteiger partial charge on any atom is 0.305 e. The van der Waals surface area contributed by atoms with Crippen molar-refractivity contribution in [2.75, 3.05) is 11.9 Å². The standard InChI is InChI=1S/C28H34N6O3S/c1-3-6-19(7-4-2)23(17-26(36)37)31-25(35)16-21-8-5-14-34-18-24(21)32-33-27(34)20-9-11-22(12-10-20)30-28-29-13-15-38-28/h5,8-15,19,23H,3-4,6-7,16-18H2,1-2H3,(H,29,30)(H,31,35)(H,36,37)/t23-/m1/s1. The molecule has 0 aliphatic carbocycles. The van der Waals surface area contributed by atoms with Crippen LogP contribution in [0.25, 0.3) is 0 Å². The molecule has 0 saturated heterocycles. The molecule has 3 heterocycles. The number of thiazole rings is 1. The highest BCUT2D eigenvalue weighted by Crippen LogP contribution is 2.24. The number of carboxylic acids is 1. The minimum atomic E-state index is -0.898. The molecule has 4 rings (SSSR count). The Labute approximate surface area is 227 Å². The van der Waals surface area contributed by atoms with Crippen molar-refractivity contribution in [1.82, 2.24) is 15.2 Å². The van der Waals surface area contributed by atoms with E-state index >= 15 is 0 Å². The lowest BCUT2D eigenvalue weighted by molar-refractivity contribution is -0.138. The van der Waals surface area contributed by atoms with Crippen LogP contribution in [0.15, 0.2) is 70.0 Å². The minimum Gasteiger partial charge on any atom is -0.481 e. The number of nitrogens with zero attached hydrogens (tertiary/aromatic N) is 4. The van der Waals surface area contributed by atoms with E-state index in [1.165, 1.54) is 11.3 Å². The average molecular weight is 535 g/mol. The Balaban J connectivity index is 1.43. The van der Waals surface area contributed by atoms with E-state index in [0.717, 1.165) is 59.2 Å². The quantitative estimate of drug-likeness (QED) is 0.320. The van der Waals surface area contributed by atoms with Crippen LogP contribution < -0.4 is 10.6 Å². The van der Waals surface area contributed by atoms with Gasteiger partial charge in [0.1, 0.15) is 0 Å². The number of anilines is 2. The smallest absolute Gasteiger partial charge is 0.305 e. The van der Waals surface area contributed by atoms with Crippen molar-refractivity contribution >= 4 is 45.6 Å². The maximum absolute atomic E-state index is 13.0. The summed E-state index contributed by atoms with van der Waals surface area (Å²) in [5.74, 6) is -0.216. The molecule has 0 radical (unpaired) electrons. The second kappa shape index (κ2) is 13.1. The Bertz CT molecular complexity index is 1230. The zero-order valence-corrected chi connectivity index (χ0v) is 22.6. The first kappa shape index (κ1) is 27.3. The van der Waals surface area contributed by atoms with Gasteiger partial charge in [-0.25, -0.2) is 4.98 Å². The number of nitrogens with one attached hydrogen (secondary N) is 2. The fourth-order valence-electron chi connectivity index (χ4n) is 4.82. The van der Waals surface area contributed by atoms with E-state index in [2.05, 4.69) is 39.7 Å². The molecule has 2 aromatic rings. The second-order valence-electron chi connectivity index (χ2n) is 9.46. The number of aliphatic carboxylic acids is 1. The molecule has 1 aromatic carbocycles. The van der Waals surface area contributed by atoms with Gasteiger partial charge in [0, 0.05) is 35.1 Å². The van der Waals surface area contributed by atoms with Crippen LogP contribution >= 0.6 is 11.3 Å². The monoisotopic (exact) mass is 534 g/mol. The van der Waals surface area contributed by atoms with Gasteiger partial charge in [-0.3, -0.25) is 9.59 Å². The number of carbonyl (C=O) groups is 2. The number of fused-ring (bicyclic) bond motifs is 2. The first-order valence-electron chi connectivity index (χ1n) is 13.0. The van der Waals surface area contributed by atoms with E-state index in [1.54, 1.807) is 6.20 Å². The van der Waals surface area contributed by atoms with Gasteiger partial charge in [0.05, 0.1) is 25.1 Å². The average Bonchev–Trinajstić information content (AvgIpc) is 3.35. The van der Waals surface area contributed by atoms with Gasteiger partial charge in [-0.15, -0.1) is 16.4 Å². The molecule has 1 atom stereocenters. The third-order valence-electron chi connectivity index (χ3n) is 6.60. The van der Waals surface area contributed by atoms with Crippen molar-refractivity contribution in [3.05, 3.63) is 65.3 Å². The summed E-state index contributed by atoms with van der Waals surface area (Å²) >= 11 is 1.54. The van der Waals surface area contributed by atoms with Gasteiger partial charge in [0.15, 0.2) is 11.0 Å². The summed E-state index contributed by atoms with van der Waals surface area (Å²) in [7, 11) is 0. The van der Waals surface area contributed by atoms with Crippen LogP contribution in [0.3, 0.4) is 0 Å². The van der Waals surface area contributed by atoms with Crippen molar-refractivity contribution in [3.63, 3.8) is 0 Å². The minimum absolute atomic E-state index is 0.0735. The largest absolute Gasteiger partial charge is 0.481 e. The van der Waals surface area contributed by atoms with Crippen LogP contribution in [-0.2, 0) is 9.59 Å². The van der Waals surface area contributed by atoms with E-state index in [4.69, 9.17) is 0 Å². The fourth-order valence-corrected chi connectivity index (χ4v) is 5.37. The van der Waals surface area contributed by atoms with Crippen LogP contribution in [0.5, 0.6) is 0 Å². The van der Waals surface area contributed by atoms with Gasteiger partial charge in [-0.05, 0) is 54.7 Å².